The quantitative estimate of drug-likeness (QED) is 0.742. The van der Waals surface area contributed by atoms with E-state index < -0.39 is 0 Å². The summed E-state index contributed by atoms with van der Waals surface area (Å²) in [5.74, 6) is -0.224. The molecule has 0 bridgehead atoms. The van der Waals surface area contributed by atoms with Crippen molar-refractivity contribution in [3.05, 3.63) is 42.0 Å². The highest BCUT2D eigenvalue weighted by molar-refractivity contribution is 5.92. The number of aromatic nitrogens is 4. The lowest BCUT2D eigenvalue weighted by Crippen LogP contribution is -2.23. The summed E-state index contributed by atoms with van der Waals surface area (Å²) >= 11 is 0. The predicted octanol–water partition coefficient (Wildman–Crippen LogP) is 0.130. The summed E-state index contributed by atoms with van der Waals surface area (Å²) in [6.07, 6.45) is 3.13. The number of amides is 1. The molecule has 1 amide bonds. The number of hydrogen-bond donors (Lipinski definition) is 2. The molecular formula is C9H9N5O. The van der Waals surface area contributed by atoms with Crippen molar-refractivity contribution in [2.45, 2.75) is 6.54 Å². The van der Waals surface area contributed by atoms with Crippen molar-refractivity contribution in [3.63, 3.8) is 0 Å². The topological polar surface area (TPSA) is 83.6 Å². The van der Waals surface area contributed by atoms with Crippen molar-refractivity contribution in [1.29, 1.82) is 0 Å². The summed E-state index contributed by atoms with van der Waals surface area (Å²) in [4.78, 5) is 15.4. The van der Waals surface area contributed by atoms with Crippen molar-refractivity contribution in [2.75, 3.05) is 0 Å². The van der Waals surface area contributed by atoms with Gasteiger partial charge in [0.1, 0.15) is 11.4 Å². The zero-order valence-electron chi connectivity index (χ0n) is 7.84. The number of aromatic amines is 1. The molecule has 2 N–H and O–H groups in total. The Balaban J connectivity index is 1.94. The Morgan fingerprint density at radius 1 is 1.47 bits per heavy atom. The van der Waals surface area contributed by atoms with Crippen LogP contribution in [0.25, 0.3) is 0 Å². The molecule has 0 unspecified atom stereocenters. The average molecular weight is 203 g/mol. The summed E-state index contributed by atoms with van der Waals surface area (Å²) in [5, 5.41) is 12.6. The van der Waals surface area contributed by atoms with Gasteiger partial charge in [-0.25, -0.2) is 0 Å². The smallest absolute Gasteiger partial charge is 0.270 e. The normalized spacial score (nSPS) is 9.87. The molecule has 0 aliphatic carbocycles. The Kier molecular flexibility index (Phi) is 2.68. The minimum atomic E-state index is -0.224. The SMILES string of the molecule is O=C(NCc1cn[nH]n1)c1ccccn1. The van der Waals surface area contributed by atoms with Gasteiger partial charge >= 0.3 is 0 Å². The molecule has 0 atom stereocenters. The van der Waals surface area contributed by atoms with Gasteiger partial charge in [0.15, 0.2) is 0 Å². The zero-order valence-corrected chi connectivity index (χ0v) is 7.84. The molecular weight excluding hydrogens is 194 g/mol. The van der Waals surface area contributed by atoms with Crippen LogP contribution in [-0.4, -0.2) is 26.3 Å². The number of carbonyl (C=O) groups excluding carboxylic acids is 1. The van der Waals surface area contributed by atoms with E-state index in [2.05, 4.69) is 25.7 Å². The maximum Gasteiger partial charge on any atom is 0.270 e. The van der Waals surface area contributed by atoms with Gasteiger partial charge in [0.05, 0.1) is 12.7 Å². The monoisotopic (exact) mass is 203 g/mol. The molecule has 76 valence electrons. The molecule has 0 aromatic carbocycles. The van der Waals surface area contributed by atoms with Crippen molar-refractivity contribution in [3.8, 4) is 0 Å². The van der Waals surface area contributed by atoms with E-state index in [9.17, 15) is 4.79 Å². The minimum absolute atomic E-state index is 0.224. The summed E-state index contributed by atoms with van der Waals surface area (Å²) in [7, 11) is 0. The van der Waals surface area contributed by atoms with Gasteiger partial charge in [0, 0.05) is 6.20 Å². The number of pyridine rings is 1. The van der Waals surface area contributed by atoms with E-state index in [1.807, 2.05) is 0 Å². The molecule has 2 aromatic heterocycles. The molecule has 0 saturated carbocycles. The first kappa shape index (κ1) is 9.32. The summed E-state index contributed by atoms with van der Waals surface area (Å²) < 4.78 is 0. The molecule has 15 heavy (non-hydrogen) atoms. The molecule has 6 heteroatoms. The van der Waals surface area contributed by atoms with Gasteiger partial charge in [-0.05, 0) is 12.1 Å². The highest BCUT2D eigenvalue weighted by atomic mass is 16.1. The van der Waals surface area contributed by atoms with Crippen molar-refractivity contribution < 1.29 is 4.79 Å². The van der Waals surface area contributed by atoms with E-state index >= 15 is 0 Å². The molecule has 0 fully saturated rings. The molecule has 0 saturated heterocycles. The van der Waals surface area contributed by atoms with Crippen LogP contribution in [0.2, 0.25) is 0 Å². The van der Waals surface area contributed by atoms with Crippen LogP contribution in [0.3, 0.4) is 0 Å². The van der Waals surface area contributed by atoms with Crippen molar-refractivity contribution in [1.82, 2.24) is 25.7 Å². The van der Waals surface area contributed by atoms with Gasteiger partial charge in [0.2, 0.25) is 0 Å². The predicted molar refractivity (Wildman–Crippen MR) is 51.8 cm³/mol. The van der Waals surface area contributed by atoms with E-state index in [0.717, 1.165) is 0 Å². The van der Waals surface area contributed by atoms with Crippen LogP contribution in [-0.2, 0) is 6.54 Å². The summed E-state index contributed by atoms with van der Waals surface area (Å²) in [6, 6.07) is 5.17. The van der Waals surface area contributed by atoms with Crippen LogP contribution < -0.4 is 5.32 Å². The number of nitrogens with one attached hydrogen (secondary N) is 2. The first-order valence-electron chi connectivity index (χ1n) is 4.40. The van der Waals surface area contributed by atoms with Gasteiger partial charge in [-0.2, -0.15) is 15.4 Å². The van der Waals surface area contributed by atoms with E-state index in [1.165, 1.54) is 0 Å². The lowest BCUT2D eigenvalue weighted by Gasteiger charge is -2.00. The molecule has 0 spiro atoms. The fraction of sp³-hybridized carbons (Fsp3) is 0.111. The minimum Gasteiger partial charge on any atom is -0.345 e. The first-order chi connectivity index (χ1) is 7.36. The lowest BCUT2D eigenvalue weighted by molar-refractivity contribution is 0.0945. The Hall–Kier alpha value is -2.24. The van der Waals surface area contributed by atoms with Crippen LogP contribution in [0.15, 0.2) is 30.6 Å². The second-order valence-corrected chi connectivity index (χ2v) is 2.86. The van der Waals surface area contributed by atoms with Crippen LogP contribution in [0.5, 0.6) is 0 Å². The van der Waals surface area contributed by atoms with E-state index in [-0.39, 0.29) is 5.91 Å². The average Bonchev–Trinajstić information content (AvgIpc) is 2.80. The third kappa shape index (κ3) is 2.37. The first-order valence-corrected chi connectivity index (χ1v) is 4.40. The van der Waals surface area contributed by atoms with Crippen LogP contribution in [0.1, 0.15) is 16.2 Å². The Bertz CT molecular complexity index is 425. The van der Waals surface area contributed by atoms with Gasteiger partial charge < -0.3 is 5.32 Å². The standard InChI is InChI=1S/C9H9N5O/c15-9(8-3-1-2-4-10-8)11-5-7-6-12-14-13-7/h1-4,6H,5H2,(H,11,15)(H,12,13,14). The number of hydrogen-bond acceptors (Lipinski definition) is 4. The van der Waals surface area contributed by atoms with E-state index in [0.29, 0.717) is 17.9 Å². The summed E-state index contributed by atoms with van der Waals surface area (Å²) in [5.41, 5.74) is 1.07. The highest BCUT2D eigenvalue weighted by Crippen LogP contribution is 1.94. The van der Waals surface area contributed by atoms with Gasteiger partial charge in [0.25, 0.3) is 5.91 Å². The molecule has 0 aliphatic heterocycles. The number of carbonyl (C=O) groups is 1. The van der Waals surface area contributed by atoms with Gasteiger partial charge in [-0.1, -0.05) is 6.07 Å². The summed E-state index contributed by atoms with van der Waals surface area (Å²) in [6.45, 7) is 0.339. The molecule has 6 nitrogen and oxygen atoms in total. The maximum atomic E-state index is 11.5. The van der Waals surface area contributed by atoms with Gasteiger partial charge in [-0.15, -0.1) is 0 Å². The van der Waals surface area contributed by atoms with Crippen molar-refractivity contribution in [2.24, 2.45) is 0 Å². The largest absolute Gasteiger partial charge is 0.345 e. The third-order valence-electron chi connectivity index (χ3n) is 1.79. The van der Waals surface area contributed by atoms with Crippen LogP contribution in [0, 0.1) is 0 Å². The Labute approximate surface area is 85.7 Å². The third-order valence-corrected chi connectivity index (χ3v) is 1.79. The zero-order chi connectivity index (χ0) is 10.5. The van der Waals surface area contributed by atoms with Crippen LogP contribution in [0.4, 0.5) is 0 Å². The fourth-order valence-electron chi connectivity index (χ4n) is 1.07. The second-order valence-electron chi connectivity index (χ2n) is 2.86. The van der Waals surface area contributed by atoms with Gasteiger partial charge in [-0.3, -0.25) is 9.78 Å². The molecule has 2 aromatic rings. The Morgan fingerprint density at radius 2 is 2.40 bits per heavy atom. The lowest BCUT2D eigenvalue weighted by atomic mass is 10.3. The molecule has 0 radical (unpaired) electrons. The number of rotatable bonds is 3. The number of H-pyrrole nitrogens is 1. The van der Waals surface area contributed by atoms with Crippen LogP contribution >= 0.6 is 0 Å². The van der Waals surface area contributed by atoms with E-state index in [4.69, 9.17) is 0 Å². The fourth-order valence-corrected chi connectivity index (χ4v) is 1.07. The molecule has 2 rings (SSSR count). The van der Waals surface area contributed by atoms with Crippen molar-refractivity contribution >= 4 is 5.91 Å². The maximum absolute atomic E-state index is 11.5. The van der Waals surface area contributed by atoms with E-state index in [1.54, 1.807) is 30.6 Å². The second kappa shape index (κ2) is 4.32. The molecule has 2 heterocycles. The molecule has 0 aliphatic rings. The Morgan fingerprint density at radius 3 is 3.07 bits per heavy atom. The highest BCUT2D eigenvalue weighted by Gasteiger charge is 2.05. The number of nitrogens with zero attached hydrogens (tertiary/aromatic N) is 3.